The van der Waals surface area contributed by atoms with Crippen LogP contribution in [0.4, 0.5) is 10.5 Å². The number of hydrogen-bond acceptors (Lipinski definition) is 5. The van der Waals surface area contributed by atoms with Crippen LogP contribution in [0.5, 0.6) is 0 Å². The predicted octanol–water partition coefficient (Wildman–Crippen LogP) is 0.724. The van der Waals surface area contributed by atoms with Crippen LogP contribution in [-0.4, -0.2) is 67.2 Å². The van der Waals surface area contributed by atoms with Gasteiger partial charge in [-0.3, -0.25) is 24.7 Å². The summed E-state index contributed by atoms with van der Waals surface area (Å²) in [5, 5.41) is 5.41. The first kappa shape index (κ1) is 17.9. The lowest BCUT2D eigenvalue weighted by Crippen LogP contribution is -2.50. The fourth-order valence-corrected chi connectivity index (χ4v) is 4.10. The van der Waals surface area contributed by atoms with Crippen molar-refractivity contribution in [2.75, 3.05) is 31.1 Å². The van der Waals surface area contributed by atoms with E-state index in [1.54, 1.807) is 24.3 Å². The number of amides is 4. The number of benzene rings is 1. The molecular formula is C19H24N4O4. The number of para-hydroxylation sites is 1. The Morgan fingerprint density at radius 1 is 1.26 bits per heavy atom. The maximum Gasteiger partial charge on any atom is 0.328 e. The fourth-order valence-electron chi connectivity index (χ4n) is 4.10. The Balaban J connectivity index is 1.47. The van der Waals surface area contributed by atoms with Crippen molar-refractivity contribution in [3.63, 3.8) is 0 Å². The number of carbonyl (C=O) groups is 3. The molecule has 3 aliphatic heterocycles. The molecule has 1 aromatic carbocycles. The van der Waals surface area contributed by atoms with Gasteiger partial charge >= 0.3 is 6.03 Å². The molecule has 0 saturated carbocycles. The zero-order valence-electron chi connectivity index (χ0n) is 15.3. The van der Waals surface area contributed by atoms with E-state index in [0.717, 1.165) is 19.5 Å². The second-order valence-electron chi connectivity index (χ2n) is 7.43. The number of anilines is 1. The van der Waals surface area contributed by atoms with E-state index in [1.807, 2.05) is 0 Å². The van der Waals surface area contributed by atoms with Crippen molar-refractivity contribution >= 4 is 23.5 Å². The molecule has 0 radical (unpaired) electrons. The lowest BCUT2D eigenvalue weighted by Gasteiger charge is -2.33. The summed E-state index contributed by atoms with van der Waals surface area (Å²) in [6.07, 6.45) is 1.30. The van der Waals surface area contributed by atoms with Gasteiger partial charge in [0.25, 0.3) is 5.91 Å². The van der Waals surface area contributed by atoms with Crippen LogP contribution in [-0.2, 0) is 9.53 Å². The maximum absolute atomic E-state index is 12.9. The van der Waals surface area contributed by atoms with Crippen LogP contribution < -0.4 is 15.5 Å². The summed E-state index contributed by atoms with van der Waals surface area (Å²) in [5.74, 6) is -0.494. The zero-order valence-corrected chi connectivity index (χ0v) is 15.3. The number of nitrogens with zero attached hydrogens (tertiary/aromatic N) is 2. The van der Waals surface area contributed by atoms with Gasteiger partial charge in [0.15, 0.2) is 0 Å². The van der Waals surface area contributed by atoms with E-state index in [2.05, 4.69) is 22.5 Å². The van der Waals surface area contributed by atoms with Gasteiger partial charge in [0.1, 0.15) is 0 Å². The molecule has 4 amide bonds. The van der Waals surface area contributed by atoms with Gasteiger partial charge in [0, 0.05) is 38.1 Å². The molecule has 2 N–H and O–H groups in total. The Morgan fingerprint density at radius 3 is 2.89 bits per heavy atom. The van der Waals surface area contributed by atoms with Gasteiger partial charge in [0.05, 0.1) is 24.0 Å². The third-order valence-corrected chi connectivity index (χ3v) is 5.42. The van der Waals surface area contributed by atoms with E-state index in [1.165, 1.54) is 4.90 Å². The van der Waals surface area contributed by atoms with Crippen LogP contribution in [0.15, 0.2) is 24.3 Å². The fraction of sp³-hybridized carbons (Fsp3) is 0.526. The van der Waals surface area contributed by atoms with E-state index in [-0.39, 0.29) is 36.9 Å². The summed E-state index contributed by atoms with van der Waals surface area (Å²) >= 11 is 0. The third kappa shape index (κ3) is 3.68. The standard InChI is InChI=1S/C19H24N4O4/c1-12-9-22-10-13(8-14(22)11-27-12)20-18(25)15-4-2-3-5-16(15)23-7-6-17(24)21-19(23)26/h2-5,12-14H,6-11H2,1H3,(H,20,25)(H,21,24,26)/t12-,13-,14-/m0/s1. The first-order valence-corrected chi connectivity index (χ1v) is 9.38. The number of morpholine rings is 1. The Kier molecular flexibility index (Phi) is 4.84. The third-order valence-electron chi connectivity index (χ3n) is 5.42. The summed E-state index contributed by atoms with van der Waals surface area (Å²) in [5.41, 5.74) is 0.962. The highest BCUT2D eigenvalue weighted by atomic mass is 16.5. The van der Waals surface area contributed by atoms with Crippen LogP contribution in [0.3, 0.4) is 0 Å². The monoisotopic (exact) mass is 372 g/mol. The minimum Gasteiger partial charge on any atom is -0.376 e. The Bertz CT molecular complexity index is 768. The molecule has 8 heteroatoms. The number of imide groups is 1. The summed E-state index contributed by atoms with van der Waals surface area (Å²) in [7, 11) is 0. The van der Waals surface area contributed by atoms with Crippen molar-refractivity contribution in [2.24, 2.45) is 0 Å². The summed E-state index contributed by atoms with van der Waals surface area (Å²) < 4.78 is 5.72. The lowest BCUT2D eigenvalue weighted by molar-refractivity contribution is -0.120. The first-order chi connectivity index (χ1) is 13.0. The SMILES string of the molecule is C[C@H]1CN2C[C@@H](NC(=O)c3ccccc3N3CCC(=O)NC3=O)C[C@H]2CO1. The number of fused-ring (bicyclic) bond motifs is 1. The molecule has 0 aliphatic carbocycles. The summed E-state index contributed by atoms with van der Waals surface area (Å²) in [6, 6.07) is 6.92. The van der Waals surface area contributed by atoms with Gasteiger partial charge in [-0.2, -0.15) is 0 Å². The largest absolute Gasteiger partial charge is 0.376 e. The number of hydrogen-bond donors (Lipinski definition) is 2. The van der Waals surface area contributed by atoms with Gasteiger partial charge in [-0.05, 0) is 25.5 Å². The second kappa shape index (κ2) is 7.28. The molecule has 0 bridgehead atoms. The Hall–Kier alpha value is -2.45. The number of urea groups is 1. The normalized spacial score (nSPS) is 28.6. The summed E-state index contributed by atoms with van der Waals surface area (Å²) in [4.78, 5) is 40.3. The second-order valence-corrected chi connectivity index (χ2v) is 7.43. The van der Waals surface area contributed by atoms with Crippen molar-refractivity contribution in [2.45, 2.75) is 38.0 Å². The minimum absolute atomic E-state index is 0.0567. The predicted molar refractivity (Wildman–Crippen MR) is 98.6 cm³/mol. The van der Waals surface area contributed by atoms with E-state index >= 15 is 0 Å². The van der Waals surface area contributed by atoms with Crippen LogP contribution in [0.2, 0.25) is 0 Å². The molecule has 1 aromatic rings. The van der Waals surface area contributed by atoms with Crippen LogP contribution in [0.25, 0.3) is 0 Å². The Morgan fingerprint density at radius 2 is 2.07 bits per heavy atom. The van der Waals surface area contributed by atoms with Gasteiger partial charge < -0.3 is 10.1 Å². The highest BCUT2D eigenvalue weighted by Gasteiger charge is 2.37. The lowest BCUT2D eigenvalue weighted by atomic mass is 10.1. The molecule has 0 spiro atoms. The molecule has 4 rings (SSSR count). The van der Waals surface area contributed by atoms with E-state index in [9.17, 15) is 14.4 Å². The number of rotatable bonds is 3. The van der Waals surface area contributed by atoms with Crippen molar-refractivity contribution in [1.29, 1.82) is 0 Å². The minimum atomic E-state index is -0.490. The highest BCUT2D eigenvalue weighted by molar-refractivity contribution is 6.09. The quantitative estimate of drug-likeness (QED) is 0.816. The Labute approximate surface area is 157 Å². The zero-order chi connectivity index (χ0) is 19.0. The van der Waals surface area contributed by atoms with E-state index in [0.29, 0.717) is 23.9 Å². The van der Waals surface area contributed by atoms with Crippen molar-refractivity contribution in [1.82, 2.24) is 15.5 Å². The number of ether oxygens (including phenoxy) is 1. The molecule has 3 fully saturated rings. The van der Waals surface area contributed by atoms with Gasteiger partial charge in [-0.25, -0.2) is 4.79 Å². The molecule has 3 heterocycles. The number of carbonyl (C=O) groups excluding carboxylic acids is 3. The van der Waals surface area contributed by atoms with Crippen molar-refractivity contribution in [3.8, 4) is 0 Å². The van der Waals surface area contributed by atoms with Crippen LogP contribution >= 0.6 is 0 Å². The number of nitrogens with one attached hydrogen (secondary N) is 2. The molecule has 8 nitrogen and oxygen atoms in total. The molecule has 144 valence electrons. The highest BCUT2D eigenvalue weighted by Crippen LogP contribution is 2.25. The van der Waals surface area contributed by atoms with Crippen LogP contribution in [0.1, 0.15) is 30.1 Å². The van der Waals surface area contributed by atoms with Gasteiger partial charge in [0.2, 0.25) is 5.91 Å². The van der Waals surface area contributed by atoms with E-state index in [4.69, 9.17) is 4.74 Å². The maximum atomic E-state index is 12.9. The van der Waals surface area contributed by atoms with Gasteiger partial charge in [-0.15, -0.1) is 0 Å². The molecule has 3 atom stereocenters. The smallest absolute Gasteiger partial charge is 0.328 e. The molecule has 3 aliphatic rings. The van der Waals surface area contributed by atoms with Crippen molar-refractivity contribution in [3.05, 3.63) is 29.8 Å². The molecule has 27 heavy (non-hydrogen) atoms. The van der Waals surface area contributed by atoms with Crippen molar-refractivity contribution < 1.29 is 19.1 Å². The van der Waals surface area contributed by atoms with E-state index < -0.39 is 6.03 Å². The van der Waals surface area contributed by atoms with Gasteiger partial charge in [-0.1, -0.05) is 12.1 Å². The molecule has 3 saturated heterocycles. The average Bonchev–Trinajstić information content (AvgIpc) is 3.03. The van der Waals surface area contributed by atoms with Crippen LogP contribution in [0, 0.1) is 0 Å². The topological polar surface area (TPSA) is 91.0 Å². The first-order valence-electron chi connectivity index (χ1n) is 9.38. The molecule has 0 aromatic heterocycles. The molecular weight excluding hydrogens is 348 g/mol. The molecule has 0 unspecified atom stereocenters. The average molecular weight is 372 g/mol. The summed E-state index contributed by atoms with van der Waals surface area (Å²) in [6.45, 7) is 4.73.